The maximum Gasteiger partial charge on any atom is 0.0362 e. The standard InChI is InChI=1S/C15H23NS/c1-3-7-16-15(11-8-10(2)17-9-11)14-12-5-4-6-13(12)14/h8-9,12-16H,3-7H2,1-2H3. The van der Waals surface area contributed by atoms with Gasteiger partial charge >= 0.3 is 0 Å². The maximum atomic E-state index is 3.80. The predicted molar refractivity (Wildman–Crippen MR) is 74.4 cm³/mol. The summed E-state index contributed by atoms with van der Waals surface area (Å²) in [6.45, 7) is 5.64. The van der Waals surface area contributed by atoms with Gasteiger partial charge in [-0.1, -0.05) is 13.3 Å². The number of rotatable bonds is 5. The summed E-state index contributed by atoms with van der Waals surface area (Å²) in [6, 6.07) is 3.04. The molecule has 0 bridgehead atoms. The lowest BCUT2D eigenvalue weighted by atomic mass is 9.98. The van der Waals surface area contributed by atoms with E-state index in [1.54, 1.807) is 5.56 Å². The van der Waals surface area contributed by atoms with E-state index < -0.39 is 0 Å². The van der Waals surface area contributed by atoms with E-state index in [2.05, 4.69) is 30.6 Å². The Bertz CT molecular complexity index is 374. The number of hydrogen-bond acceptors (Lipinski definition) is 2. The zero-order valence-electron chi connectivity index (χ0n) is 10.9. The van der Waals surface area contributed by atoms with E-state index in [-0.39, 0.29) is 0 Å². The zero-order valence-corrected chi connectivity index (χ0v) is 11.7. The smallest absolute Gasteiger partial charge is 0.0362 e. The molecule has 1 aromatic heterocycles. The molecular formula is C15H23NS. The SMILES string of the molecule is CCCNC(c1csc(C)c1)C1C2CCCC21. The summed E-state index contributed by atoms with van der Waals surface area (Å²) in [4.78, 5) is 1.45. The average Bonchev–Trinajstić information content (AvgIpc) is 2.73. The van der Waals surface area contributed by atoms with Crippen molar-refractivity contribution in [1.29, 1.82) is 0 Å². The van der Waals surface area contributed by atoms with Crippen molar-refractivity contribution in [2.75, 3.05) is 6.54 Å². The average molecular weight is 249 g/mol. The molecule has 0 saturated heterocycles. The third kappa shape index (κ3) is 2.17. The van der Waals surface area contributed by atoms with Crippen LogP contribution in [0.5, 0.6) is 0 Å². The van der Waals surface area contributed by atoms with Crippen molar-refractivity contribution in [3.05, 3.63) is 21.9 Å². The number of nitrogens with one attached hydrogen (secondary N) is 1. The van der Waals surface area contributed by atoms with Crippen LogP contribution in [-0.4, -0.2) is 6.54 Å². The largest absolute Gasteiger partial charge is 0.310 e. The predicted octanol–water partition coefficient (Wildman–Crippen LogP) is 4.14. The summed E-state index contributed by atoms with van der Waals surface area (Å²) in [6.07, 6.45) is 5.70. The van der Waals surface area contributed by atoms with Crippen LogP contribution in [0, 0.1) is 24.7 Å². The Morgan fingerprint density at radius 2 is 2.18 bits per heavy atom. The number of thiophene rings is 1. The van der Waals surface area contributed by atoms with Crippen LogP contribution < -0.4 is 5.32 Å². The molecule has 0 spiro atoms. The van der Waals surface area contributed by atoms with E-state index >= 15 is 0 Å². The first-order valence-corrected chi connectivity index (χ1v) is 7.97. The lowest BCUT2D eigenvalue weighted by Crippen LogP contribution is -2.25. The molecule has 1 aromatic rings. The van der Waals surface area contributed by atoms with Gasteiger partial charge < -0.3 is 5.32 Å². The minimum absolute atomic E-state index is 0.648. The molecule has 17 heavy (non-hydrogen) atoms. The molecule has 2 saturated carbocycles. The molecule has 2 heteroatoms. The molecule has 2 aliphatic carbocycles. The third-order valence-electron chi connectivity index (χ3n) is 4.58. The fourth-order valence-electron chi connectivity index (χ4n) is 3.77. The Balaban J connectivity index is 1.73. The molecular weight excluding hydrogens is 226 g/mol. The Labute approximate surface area is 109 Å². The first-order chi connectivity index (χ1) is 8.31. The van der Waals surface area contributed by atoms with Crippen molar-refractivity contribution in [2.24, 2.45) is 17.8 Å². The van der Waals surface area contributed by atoms with Crippen molar-refractivity contribution in [2.45, 2.75) is 45.6 Å². The monoisotopic (exact) mass is 249 g/mol. The van der Waals surface area contributed by atoms with E-state index in [9.17, 15) is 0 Å². The second-order valence-corrected chi connectivity index (χ2v) is 6.87. The van der Waals surface area contributed by atoms with Gasteiger partial charge in [0.1, 0.15) is 0 Å². The van der Waals surface area contributed by atoms with Gasteiger partial charge in [0, 0.05) is 10.9 Å². The van der Waals surface area contributed by atoms with Crippen molar-refractivity contribution in [3.63, 3.8) is 0 Å². The summed E-state index contributed by atoms with van der Waals surface area (Å²) in [5.41, 5.74) is 1.56. The van der Waals surface area contributed by atoms with Gasteiger partial charge in [-0.3, -0.25) is 0 Å². The number of fused-ring (bicyclic) bond motifs is 1. The molecule has 0 amide bonds. The summed E-state index contributed by atoms with van der Waals surface area (Å²) < 4.78 is 0. The Morgan fingerprint density at radius 1 is 1.41 bits per heavy atom. The normalized spacial score (nSPS) is 32.5. The van der Waals surface area contributed by atoms with Crippen molar-refractivity contribution < 1.29 is 0 Å². The summed E-state index contributed by atoms with van der Waals surface area (Å²) in [5, 5.41) is 6.17. The highest BCUT2D eigenvalue weighted by molar-refractivity contribution is 7.10. The Hall–Kier alpha value is -0.340. The van der Waals surface area contributed by atoms with E-state index in [1.165, 1.54) is 30.6 Å². The molecule has 3 rings (SSSR count). The molecule has 2 fully saturated rings. The molecule has 0 radical (unpaired) electrons. The Kier molecular flexibility index (Phi) is 3.27. The molecule has 0 aromatic carbocycles. The third-order valence-corrected chi connectivity index (χ3v) is 5.46. The summed E-state index contributed by atoms with van der Waals surface area (Å²) >= 11 is 1.90. The molecule has 3 atom stereocenters. The van der Waals surface area contributed by atoms with Crippen LogP contribution in [0.2, 0.25) is 0 Å². The van der Waals surface area contributed by atoms with E-state index in [0.717, 1.165) is 24.3 Å². The van der Waals surface area contributed by atoms with Crippen LogP contribution in [0.25, 0.3) is 0 Å². The van der Waals surface area contributed by atoms with Crippen LogP contribution in [0.3, 0.4) is 0 Å². The number of aryl methyl sites for hydroxylation is 1. The van der Waals surface area contributed by atoms with Gasteiger partial charge in [-0.05, 0) is 67.5 Å². The van der Waals surface area contributed by atoms with E-state index in [1.807, 2.05) is 11.3 Å². The van der Waals surface area contributed by atoms with Crippen LogP contribution >= 0.6 is 11.3 Å². The molecule has 0 aliphatic heterocycles. The Morgan fingerprint density at radius 3 is 2.76 bits per heavy atom. The van der Waals surface area contributed by atoms with E-state index in [0.29, 0.717) is 6.04 Å². The summed E-state index contributed by atoms with van der Waals surface area (Å²) in [5.74, 6) is 3.04. The molecule has 94 valence electrons. The molecule has 3 unspecified atom stereocenters. The fraction of sp³-hybridized carbons (Fsp3) is 0.733. The first kappa shape index (κ1) is 11.7. The van der Waals surface area contributed by atoms with Gasteiger partial charge in [0.2, 0.25) is 0 Å². The first-order valence-electron chi connectivity index (χ1n) is 7.09. The van der Waals surface area contributed by atoms with Crippen molar-refractivity contribution in [1.82, 2.24) is 5.32 Å². The van der Waals surface area contributed by atoms with Gasteiger partial charge in [0.25, 0.3) is 0 Å². The number of hydrogen-bond donors (Lipinski definition) is 1. The van der Waals surface area contributed by atoms with Crippen LogP contribution in [0.15, 0.2) is 11.4 Å². The van der Waals surface area contributed by atoms with Gasteiger partial charge in [-0.2, -0.15) is 0 Å². The van der Waals surface area contributed by atoms with Gasteiger partial charge in [-0.25, -0.2) is 0 Å². The maximum absolute atomic E-state index is 3.80. The second kappa shape index (κ2) is 4.74. The minimum Gasteiger partial charge on any atom is -0.310 e. The molecule has 2 aliphatic rings. The van der Waals surface area contributed by atoms with Crippen molar-refractivity contribution in [3.8, 4) is 0 Å². The molecule has 1 N–H and O–H groups in total. The van der Waals surface area contributed by atoms with Crippen LogP contribution in [-0.2, 0) is 0 Å². The highest BCUT2D eigenvalue weighted by atomic mass is 32.1. The lowest BCUT2D eigenvalue weighted by molar-refractivity contribution is 0.418. The summed E-state index contributed by atoms with van der Waals surface area (Å²) in [7, 11) is 0. The molecule has 1 nitrogen and oxygen atoms in total. The van der Waals surface area contributed by atoms with Gasteiger partial charge in [0.05, 0.1) is 0 Å². The quantitative estimate of drug-likeness (QED) is 0.827. The zero-order chi connectivity index (χ0) is 11.8. The van der Waals surface area contributed by atoms with Crippen LogP contribution in [0.4, 0.5) is 0 Å². The van der Waals surface area contributed by atoms with Gasteiger partial charge in [-0.15, -0.1) is 11.3 Å². The van der Waals surface area contributed by atoms with Crippen LogP contribution in [0.1, 0.15) is 49.1 Å². The lowest BCUT2D eigenvalue weighted by Gasteiger charge is -2.19. The van der Waals surface area contributed by atoms with E-state index in [4.69, 9.17) is 0 Å². The molecule has 1 heterocycles. The highest BCUT2D eigenvalue weighted by Gasteiger charge is 2.55. The topological polar surface area (TPSA) is 12.0 Å². The highest BCUT2D eigenvalue weighted by Crippen LogP contribution is 2.62. The fourth-order valence-corrected chi connectivity index (χ4v) is 4.51. The van der Waals surface area contributed by atoms with Crippen molar-refractivity contribution >= 4 is 11.3 Å². The minimum atomic E-state index is 0.648. The second-order valence-electron chi connectivity index (χ2n) is 5.76. The van der Waals surface area contributed by atoms with Gasteiger partial charge in [0.15, 0.2) is 0 Å².